The van der Waals surface area contributed by atoms with Gasteiger partial charge in [0.25, 0.3) is 11.6 Å². The first-order chi connectivity index (χ1) is 12.4. The molecule has 0 aliphatic carbocycles. The Balaban J connectivity index is 1.88. The van der Waals surface area contributed by atoms with Crippen LogP contribution in [0.1, 0.15) is 15.2 Å². The highest BCUT2D eigenvalue weighted by Crippen LogP contribution is 2.40. The Morgan fingerprint density at radius 1 is 1.19 bits per heavy atom. The quantitative estimate of drug-likeness (QED) is 0.497. The number of nitro benzene ring substituents is 1. The van der Waals surface area contributed by atoms with Gasteiger partial charge in [-0.1, -0.05) is 35.9 Å². The monoisotopic (exact) mass is 390 g/mol. The van der Waals surface area contributed by atoms with Crippen LogP contribution in [0, 0.1) is 10.1 Å². The van der Waals surface area contributed by atoms with Crippen LogP contribution >= 0.6 is 22.9 Å². The Bertz CT molecular complexity index is 1030. The van der Waals surface area contributed by atoms with Crippen LogP contribution in [0.15, 0.2) is 42.5 Å². The van der Waals surface area contributed by atoms with Gasteiger partial charge in [-0.2, -0.15) is 0 Å². The van der Waals surface area contributed by atoms with Crippen molar-refractivity contribution in [1.29, 1.82) is 0 Å². The van der Waals surface area contributed by atoms with Gasteiger partial charge < -0.3 is 10.4 Å². The van der Waals surface area contributed by atoms with Gasteiger partial charge in [-0.05, 0) is 17.7 Å². The summed E-state index contributed by atoms with van der Waals surface area (Å²) in [4.78, 5) is 34.0. The maximum absolute atomic E-state index is 12.5. The van der Waals surface area contributed by atoms with Crippen LogP contribution in [-0.2, 0) is 11.2 Å². The third-order valence-electron chi connectivity index (χ3n) is 3.60. The van der Waals surface area contributed by atoms with Gasteiger partial charge in [-0.15, -0.1) is 11.3 Å². The van der Waals surface area contributed by atoms with Crippen LogP contribution in [0.25, 0.3) is 10.1 Å². The number of hydrogen-bond acceptors (Lipinski definition) is 5. The Hall–Kier alpha value is -2.97. The standard InChI is InChI=1S/C17H11ClN2O5S/c18-14-11-2-1-3-12(20(24)25)15(11)26-16(14)17(23)19-10-6-4-9(5-7-10)8-13(21)22/h1-7H,8H2,(H,19,23)(H,21,22). The first-order valence-corrected chi connectivity index (χ1v) is 8.53. The molecule has 0 spiro atoms. The van der Waals surface area contributed by atoms with Crippen molar-refractivity contribution in [2.24, 2.45) is 0 Å². The molecule has 2 aromatic carbocycles. The third-order valence-corrected chi connectivity index (χ3v) is 5.34. The molecule has 2 N–H and O–H groups in total. The third kappa shape index (κ3) is 3.51. The zero-order valence-electron chi connectivity index (χ0n) is 13.1. The number of amides is 1. The molecule has 0 radical (unpaired) electrons. The van der Waals surface area contributed by atoms with Gasteiger partial charge in [-0.25, -0.2) is 0 Å². The molecule has 7 nitrogen and oxygen atoms in total. The Morgan fingerprint density at radius 2 is 1.88 bits per heavy atom. The predicted octanol–water partition coefficient (Wildman–Crippen LogP) is 4.34. The van der Waals surface area contributed by atoms with Crippen molar-refractivity contribution in [3.8, 4) is 0 Å². The molecule has 0 aliphatic rings. The molecule has 0 saturated heterocycles. The number of fused-ring (bicyclic) bond motifs is 1. The summed E-state index contributed by atoms with van der Waals surface area (Å²) in [5, 5.41) is 23.2. The number of anilines is 1. The molecule has 0 unspecified atom stereocenters. The number of nitrogens with zero attached hydrogens (tertiary/aromatic N) is 1. The van der Waals surface area contributed by atoms with Gasteiger partial charge in [0.1, 0.15) is 9.58 Å². The highest BCUT2D eigenvalue weighted by molar-refractivity contribution is 7.22. The summed E-state index contributed by atoms with van der Waals surface area (Å²) in [6.45, 7) is 0. The lowest BCUT2D eigenvalue weighted by Crippen LogP contribution is -2.10. The zero-order valence-corrected chi connectivity index (χ0v) is 14.6. The number of carbonyl (C=O) groups excluding carboxylic acids is 1. The van der Waals surface area contributed by atoms with E-state index in [1.54, 1.807) is 30.3 Å². The molecular weight excluding hydrogens is 380 g/mol. The maximum Gasteiger partial charge on any atom is 0.307 e. The van der Waals surface area contributed by atoms with Crippen molar-refractivity contribution in [3.05, 3.63) is 68.0 Å². The Morgan fingerprint density at radius 3 is 2.50 bits per heavy atom. The molecule has 0 saturated carbocycles. The molecule has 0 fully saturated rings. The molecule has 9 heteroatoms. The molecule has 0 atom stereocenters. The second kappa shape index (κ2) is 7.11. The van der Waals surface area contributed by atoms with Gasteiger partial charge in [0, 0.05) is 17.1 Å². The first kappa shape index (κ1) is 17.8. The van der Waals surface area contributed by atoms with E-state index in [2.05, 4.69) is 5.32 Å². The molecule has 132 valence electrons. The van der Waals surface area contributed by atoms with E-state index < -0.39 is 16.8 Å². The number of thiophene rings is 1. The number of benzene rings is 2. The Labute approximate surface area is 156 Å². The fourth-order valence-corrected chi connectivity index (χ4v) is 3.92. The minimum atomic E-state index is -0.944. The number of aliphatic carboxylic acids is 1. The largest absolute Gasteiger partial charge is 0.481 e. The number of non-ortho nitro benzene ring substituents is 1. The molecule has 26 heavy (non-hydrogen) atoms. The van der Waals surface area contributed by atoms with Crippen molar-refractivity contribution in [3.63, 3.8) is 0 Å². The minimum absolute atomic E-state index is 0.105. The van der Waals surface area contributed by atoms with Crippen LogP contribution in [0.5, 0.6) is 0 Å². The van der Waals surface area contributed by atoms with E-state index in [4.69, 9.17) is 16.7 Å². The molecule has 0 bridgehead atoms. The van der Waals surface area contributed by atoms with Gasteiger partial charge in [0.2, 0.25) is 0 Å². The van der Waals surface area contributed by atoms with Crippen molar-refractivity contribution in [2.45, 2.75) is 6.42 Å². The second-order valence-electron chi connectivity index (χ2n) is 5.38. The smallest absolute Gasteiger partial charge is 0.307 e. The lowest BCUT2D eigenvalue weighted by Gasteiger charge is -2.05. The molecule has 3 rings (SSSR count). The molecule has 3 aromatic rings. The average Bonchev–Trinajstić information content (AvgIpc) is 2.93. The summed E-state index contributed by atoms with van der Waals surface area (Å²) >= 11 is 7.19. The van der Waals surface area contributed by atoms with Crippen LogP contribution in [0.2, 0.25) is 5.02 Å². The first-order valence-electron chi connectivity index (χ1n) is 7.34. The predicted molar refractivity (Wildman–Crippen MR) is 99.2 cm³/mol. The lowest BCUT2D eigenvalue weighted by atomic mass is 10.1. The van der Waals surface area contributed by atoms with E-state index in [1.165, 1.54) is 12.1 Å². The molecule has 1 amide bonds. The van der Waals surface area contributed by atoms with E-state index in [1.807, 2.05) is 0 Å². The normalized spacial score (nSPS) is 10.7. The summed E-state index contributed by atoms with van der Waals surface area (Å²) in [6.07, 6.45) is -0.111. The topological polar surface area (TPSA) is 110 Å². The van der Waals surface area contributed by atoms with Gasteiger partial charge in [0.05, 0.1) is 16.4 Å². The number of halogens is 1. The van der Waals surface area contributed by atoms with Gasteiger partial charge in [0.15, 0.2) is 0 Å². The van der Waals surface area contributed by atoms with E-state index in [0.717, 1.165) is 11.3 Å². The number of nitrogens with one attached hydrogen (secondary N) is 1. The molecule has 1 heterocycles. The van der Waals surface area contributed by atoms with Crippen molar-refractivity contribution >= 4 is 56.3 Å². The molecule has 1 aromatic heterocycles. The second-order valence-corrected chi connectivity index (χ2v) is 6.78. The average molecular weight is 391 g/mol. The minimum Gasteiger partial charge on any atom is -0.481 e. The summed E-state index contributed by atoms with van der Waals surface area (Å²) in [5.41, 5.74) is 0.963. The fraction of sp³-hybridized carbons (Fsp3) is 0.0588. The zero-order chi connectivity index (χ0) is 18.8. The number of nitro groups is 1. The maximum atomic E-state index is 12.5. The number of rotatable bonds is 5. The van der Waals surface area contributed by atoms with Crippen molar-refractivity contribution < 1.29 is 19.6 Å². The van der Waals surface area contributed by atoms with Crippen LogP contribution in [0.4, 0.5) is 11.4 Å². The van der Waals surface area contributed by atoms with Gasteiger partial charge >= 0.3 is 5.97 Å². The van der Waals surface area contributed by atoms with Crippen molar-refractivity contribution in [2.75, 3.05) is 5.32 Å². The van der Waals surface area contributed by atoms with E-state index in [-0.39, 0.29) is 22.0 Å². The molecular formula is C17H11ClN2O5S. The van der Waals surface area contributed by atoms with E-state index in [0.29, 0.717) is 21.3 Å². The summed E-state index contributed by atoms with van der Waals surface area (Å²) in [7, 11) is 0. The fourth-order valence-electron chi connectivity index (χ4n) is 2.43. The summed E-state index contributed by atoms with van der Waals surface area (Å²) in [6, 6.07) is 10.9. The van der Waals surface area contributed by atoms with Crippen LogP contribution in [-0.4, -0.2) is 21.9 Å². The summed E-state index contributed by atoms with van der Waals surface area (Å²) in [5.74, 6) is -1.43. The Kier molecular flexibility index (Phi) is 4.88. The van der Waals surface area contributed by atoms with Gasteiger partial charge in [-0.3, -0.25) is 19.7 Å². The molecule has 0 aliphatic heterocycles. The number of hydrogen-bond donors (Lipinski definition) is 2. The summed E-state index contributed by atoms with van der Waals surface area (Å²) < 4.78 is 0.337. The van der Waals surface area contributed by atoms with Crippen LogP contribution < -0.4 is 5.32 Å². The number of carboxylic acids is 1. The number of carboxylic acid groups (broad SMARTS) is 1. The van der Waals surface area contributed by atoms with E-state index in [9.17, 15) is 19.7 Å². The van der Waals surface area contributed by atoms with Crippen LogP contribution in [0.3, 0.4) is 0 Å². The SMILES string of the molecule is O=C(O)Cc1ccc(NC(=O)c2sc3c([N+](=O)[O-])cccc3c2Cl)cc1. The number of carbonyl (C=O) groups is 2. The van der Waals surface area contributed by atoms with Crippen molar-refractivity contribution in [1.82, 2.24) is 0 Å². The lowest BCUT2D eigenvalue weighted by molar-refractivity contribution is -0.382. The highest BCUT2D eigenvalue weighted by atomic mass is 35.5. The highest BCUT2D eigenvalue weighted by Gasteiger charge is 2.22. The van der Waals surface area contributed by atoms with E-state index >= 15 is 0 Å².